The fourth-order valence-corrected chi connectivity index (χ4v) is 5.48. The van der Waals surface area contributed by atoms with Crippen LogP contribution in [0.2, 0.25) is 0 Å². The van der Waals surface area contributed by atoms with Gasteiger partial charge in [0.1, 0.15) is 23.9 Å². The highest BCUT2D eigenvalue weighted by atomic mass is 19.1. The average Bonchev–Trinajstić information content (AvgIpc) is 3.10. The number of anilines is 4. The molecular weight excluding hydrogens is 631 g/mol. The maximum absolute atomic E-state index is 15.0. The molecule has 1 fully saturated rings. The van der Waals surface area contributed by atoms with Gasteiger partial charge in [0.15, 0.2) is 11.6 Å². The summed E-state index contributed by atoms with van der Waals surface area (Å²) in [6.45, 7) is 11.4. The van der Waals surface area contributed by atoms with E-state index >= 15 is 0 Å². The lowest BCUT2D eigenvalue weighted by atomic mass is 10.1. The van der Waals surface area contributed by atoms with Gasteiger partial charge < -0.3 is 29.0 Å². The van der Waals surface area contributed by atoms with E-state index in [2.05, 4.69) is 38.9 Å². The lowest BCUT2D eigenvalue weighted by Gasteiger charge is -2.36. The van der Waals surface area contributed by atoms with Gasteiger partial charge >= 0.3 is 6.09 Å². The Morgan fingerprint density at radius 1 is 0.898 bits per heavy atom. The lowest BCUT2D eigenvalue weighted by molar-refractivity contribution is 0.0965. The van der Waals surface area contributed by atoms with Gasteiger partial charge in [-0.3, -0.25) is 9.80 Å². The van der Waals surface area contributed by atoms with E-state index in [4.69, 9.17) is 23.7 Å². The average molecular weight is 675 g/mol. The molecule has 0 unspecified atom stereocenters. The van der Waals surface area contributed by atoms with Crippen LogP contribution in [0.25, 0.3) is 0 Å². The van der Waals surface area contributed by atoms with Crippen molar-refractivity contribution in [2.45, 2.75) is 26.8 Å². The minimum absolute atomic E-state index is 0.0405. The molecule has 2 heterocycles. The zero-order valence-electron chi connectivity index (χ0n) is 28.7. The maximum atomic E-state index is 15.0. The Bertz CT molecular complexity index is 1730. The minimum atomic E-state index is -0.786. The molecule has 0 aliphatic carbocycles. The van der Waals surface area contributed by atoms with E-state index in [0.29, 0.717) is 47.0 Å². The SMILES string of the molecule is COc1ccc(N(C(=O)Oc2ccnc(Nc3ccc(OCCN4CCN(C(C)C)CC4)c(F)c3)n2)c2cc(C)ccc2OC)c(OC)c1. The van der Waals surface area contributed by atoms with Crippen LogP contribution in [0.1, 0.15) is 19.4 Å². The molecule has 1 aliphatic rings. The van der Waals surface area contributed by atoms with Crippen molar-refractivity contribution in [2.24, 2.45) is 0 Å². The zero-order chi connectivity index (χ0) is 34.9. The summed E-state index contributed by atoms with van der Waals surface area (Å²) in [5.74, 6) is 1.04. The van der Waals surface area contributed by atoms with Crippen LogP contribution in [0.15, 0.2) is 66.9 Å². The van der Waals surface area contributed by atoms with Crippen molar-refractivity contribution in [3.63, 3.8) is 0 Å². The smallest absolute Gasteiger partial charge is 0.426 e. The third-order valence-electron chi connectivity index (χ3n) is 8.20. The molecule has 13 heteroatoms. The number of nitrogens with zero attached hydrogens (tertiary/aromatic N) is 5. The summed E-state index contributed by atoms with van der Waals surface area (Å²) in [4.78, 5) is 28.6. The standard InChI is InChI=1S/C36H43FN6O6/c1-24(2)42-17-15-41(16-18-42)19-20-48-31-12-8-26(22-28(31)37)39-35-38-14-13-34(40-35)49-36(44)43(30-21-25(3)7-11-32(30)46-5)29-10-9-27(45-4)23-33(29)47-6/h7-14,21-24H,15-20H2,1-6H3,(H,38,39,40). The summed E-state index contributed by atoms with van der Waals surface area (Å²) >= 11 is 0. The van der Waals surface area contributed by atoms with E-state index in [9.17, 15) is 9.18 Å². The lowest BCUT2D eigenvalue weighted by Crippen LogP contribution is -2.49. The number of carbonyl (C=O) groups excluding carboxylic acids is 1. The predicted octanol–water partition coefficient (Wildman–Crippen LogP) is 6.44. The maximum Gasteiger partial charge on any atom is 0.426 e. The van der Waals surface area contributed by atoms with Gasteiger partial charge in [-0.1, -0.05) is 6.07 Å². The van der Waals surface area contributed by atoms with Crippen LogP contribution in [-0.4, -0.2) is 92.6 Å². The Morgan fingerprint density at radius 3 is 2.35 bits per heavy atom. The molecule has 0 bridgehead atoms. The number of halogens is 1. The number of methoxy groups -OCH3 is 3. The summed E-state index contributed by atoms with van der Waals surface area (Å²) in [6.07, 6.45) is 0.643. The van der Waals surface area contributed by atoms with Crippen molar-refractivity contribution in [3.05, 3.63) is 78.2 Å². The van der Waals surface area contributed by atoms with Crippen LogP contribution >= 0.6 is 0 Å². The van der Waals surface area contributed by atoms with Gasteiger partial charge in [-0.15, -0.1) is 0 Å². The first-order valence-corrected chi connectivity index (χ1v) is 16.1. The van der Waals surface area contributed by atoms with Crippen molar-refractivity contribution >= 4 is 29.1 Å². The number of aromatic nitrogens is 2. The fraction of sp³-hybridized carbons (Fsp3) is 0.361. The van der Waals surface area contributed by atoms with E-state index in [1.165, 1.54) is 37.4 Å². The Hall–Kier alpha value is -5.14. The number of ether oxygens (including phenoxy) is 5. The molecule has 1 aliphatic heterocycles. The summed E-state index contributed by atoms with van der Waals surface area (Å²) in [7, 11) is 4.55. The first-order valence-electron chi connectivity index (χ1n) is 16.1. The van der Waals surface area contributed by atoms with Gasteiger partial charge in [0, 0.05) is 68.8 Å². The van der Waals surface area contributed by atoms with Gasteiger partial charge in [-0.2, -0.15) is 4.98 Å². The quantitative estimate of drug-likeness (QED) is 0.169. The molecule has 49 heavy (non-hydrogen) atoms. The molecule has 1 saturated heterocycles. The van der Waals surface area contributed by atoms with Crippen LogP contribution < -0.4 is 33.9 Å². The molecule has 1 N–H and O–H groups in total. The molecule has 0 saturated carbocycles. The van der Waals surface area contributed by atoms with Crippen LogP contribution in [0, 0.1) is 12.7 Å². The molecule has 0 spiro atoms. The number of piperazine rings is 1. The van der Waals surface area contributed by atoms with E-state index in [1.807, 2.05) is 13.0 Å². The van der Waals surface area contributed by atoms with E-state index in [1.54, 1.807) is 49.6 Å². The number of hydrogen-bond donors (Lipinski definition) is 1. The van der Waals surface area contributed by atoms with Gasteiger partial charge in [0.25, 0.3) is 0 Å². The molecule has 12 nitrogen and oxygen atoms in total. The number of rotatable bonds is 13. The molecular formula is C36H43FN6O6. The molecule has 5 rings (SSSR count). The number of benzene rings is 3. The zero-order valence-corrected chi connectivity index (χ0v) is 28.7. The topological polar surface area (TPSA) is 111 Å². The minimum Gasteiger partial charge on any atom is -0.497 e. The number of hydrogen-bond acceptors (Lipinski definition) is 11. The fourth-order valence-electron chi connectivity index (χ4n) is 5.48. The van der Waals surface area contributed by atoms with Crippen LogP contribution in [0.5, 0.6) is 28.9 Å². The Balaban J connectivity index is 1.28. The van der Waals surface area contributed by atoms with Gasteiger partial charge in [0.2, 0.25) is 11.8 Å². The van der Waals surface area contributed by atoms with Crippen molar-refractivity contribution in [3.8, 4) is 28.9 Å². The van der Waals surface area contributed by atoms with Crippen molar-refractivity contribution < 1.29 is 32.9 Å². The van der Waals surface area contributed by atoms with E-state index in [0.717, 1.165) is 38.3 Å². The molecule has 1 amide bonds. The molecule has 4 aromatic rings. The van der Waals surface area contributed by atoms with Crippen molar-refractivity contribution in [2.75, 3.05) is 70.9 Å². The third-order valence-corrected chi connectivity index (χ3v) is 8.20. The van der Waals surface area contributed by atoms with E-state index < -0.39 is 11.9 Å². The monoisotopic (exact) mass is 674 g/mol. The normalized spacial score (nSPS) is 13.6. The second kappa shape index (κ2) is 16.3. The molecule has 0 radical (unpaired) electrons. The second-order valence-corrected chi connectivity index (χ2v) is 11.7. The Morgan fingerprint density at radius 2 is 1.65 bits per heavy atom. The summed E-state index contributed by atoms with van der Waals surface area (Å²) < 4.78 is 43.1. The van der Waals surface area contributed by atoms with Crippen LogP contribution in [0.3, 0.4) is 0 Å². The van der Waals surface area contributed by atoms with Gasteiger partial charge in [0.05, 0.1) is 32.7 Å². The second-order valence-electron chi connectivity index (χ2n) is 11.7. The third kappa shape index (κ3) is 8.86. The first-order chi connectivity index (χ1) is 23.7. The molecule has 0 atom stereocenters. The predicted molar refractivity (Wildman–Crippen MR) is 186 cm³/mol. The number of aryl methyl sites for hydroxylation is 1. The van der Waals surface area contributed by atoms with Crippen molar-refractivity contribution in [1.29, 1.82) is 0 Å². The first kappa shape index (κ1) is 35.2. The number of carbonyl (C=O) groups is 1. The Kier molecular flexibility index (Phi) is 11.7. The van der Waals surface area contributed by atoms with E-state index in [-0.39, 0.29) is 17.6 Å². The van der Waals surface area contributed by atoms with Crippen LogP contribution in [0.4, 0.5) is 32.2 Å². The number of nitrogens with one attached hydrogen (secondary N) is 1. The molecule has 260 valence electrons. The highest BCUT2D eigenvalue weighted by Gasteiger charge is 2.28. The summed E-state index contributed by atoms with van der Waals surface area (Å²) in [5.41, 5.74) is 2.09. The molecule has 3 aromatic carbocycles. The number of amides is 1. The highest BCUT2D eigenvalue weighted by molar-refractivity contribution is 6.00. The van der Waals surface area contributed by atoms with Gasteiger partial charge in [-0.05, 0) is 62.7 Å². The highest BCUT2D eigenvalue weighted by Crippen LogP contribution is 2.41. The molecule has 1 aromatic heterocycles. The van der Waals surface area contributed by atoms with Crippen molar-refractivity contribution in [1.82, 2.24) is 19.8 Å². The largest absolute Gasteiger partial charge is 0.497 e. The summed E-state index contributed by atoms with van der Waals surface area (Å²) in [6, 6.07) is 17.0. The van der Waals surface area contributed by atoms with Gasteiger partial charge in [-0.25, -0.2) is 19.1 Å². The summed E-state index contributed by atoms with van der Waals surface area (Å²) in [5, 5.41) is 2.97. The Labute approximate surface area is 286 Å². The van der Waals surface area contributed by atoms with Crippen LogP contribution in [-0.2, 0) is 0 Å².